The van der Waals surface area contributed by atoms with Crippen molar-refractivity contribution in [2.75, 3.05) is 22.6 Å². The molecule has 106 valence electrons. The second-order valence-corrected chi connectivity index (χ2v) is 6.23. The van der Waals surface area contributed by atoms with E-state index in [0.29, 0.717) is 23.4 Å². The summed E-state index contributed by atoms with van der Waals surface area (Å²) < 4.78 is 12.9. The van der Waals surface area contributed by atoms with Gasteiger partial charge < -0.3 is 11.1 Å². The number of aromatic nitrogens is 5. The van der Waals surface area contributed by atoms with Crippen molar-refractivity contribution in [3.63, 3.8) is 0 Å². The van der Waals surface area contributed by atoms with Gasteiger partial charge in [0.05, 0.1) is 0 Å². The number of anilines is 2. The average Bonchev–Trinajstić information content (AvgIpc) is 2.95. The Morgan fingerprint density at radius 3 is 2.80 bits per heavy atom. The Bertz CT molecular complexity index is 605. The minimum absolute atomic E-state index is 0.146. The highest BCUT2D eigenvalue weighted by Gasteiger charge is 2.19. The third-order valence-corrected chi connectivity index (χ3v) is 4.45. The maximum atomic E-state index is 11.3. The van der Waals surface area contributed by atoms with Crippen LogP contribution in [0.4, 0.5) is 11.9 Å². The van der Waals surface area contributed by atoms with Crippen LogP contribution in [0, 0.1) is 0 Å². The van der Waals surface area contributed by atoms with E-state index in [0.717, 1.165) is 12.8 Å². The van der Waals surface area contributed by atoms with Gasteiger partial charge in [0.1, 0.15) is 0 Å². The van der Waals surface area contributed by atoms with Gasteiger partial charge in [-0.3, -0.25) is 4.21 Å². The molecule has 1 fully saturated rings. The van der Waals surface area contributed by atoms with Crippen LogP contribution in [0.1, 0.15) is 12.8 Å². The van der Waals surface area contributed by atoms with Crippen molar-refractivity contribution in [2.45, 2.75) is 18.9 Å². The van der Waals surface area contributed by atoms with E-state index in [1.807, 2.05) is 0 Å². The lowest BCUT2D eigenvalue weighted by Crippen LogP contribution is -2.30. The fraction of sp³-hybridized carbons (Fsp3) is 0.455. The lowest BCUT2D eigenvalue weighted by molar-refractivity contribution is 0.619. The molecule has 1 saturated heterocycles. The predicted molar refractivity (Wildman–Crippen MR) is 75.9 cm³/mol. The molecular weight excluding hydrogens is 278 g/mol. The maximum absolute atomic E-state index is 11.3. The number of nitrogens with one attached hydrogen (secondary N) is 1. The number of hydrogen-bond donors (Lipinski definition) is 2. The Balaban J connectivity index is 1.78. The Morgan fingerprint density at radius 2 is 2.10 bits per heavy atom. The van der Waals surface area contributed by atoms with Crippen molar-refractivity contribution in [2.24, 2.45) is 0 Å². The van der Waals surface area contributed by atoms with E-state index >= 15 is 0 Å². The average molecular weight is 293 g/mol. The predicted octanol–water partition coefficient (Wildman–Crippen LogP) is -0.0375. The van der Waals surface area contributed by atoms with Crippen LogP contribution in [-0.2, 0) is 10.8 Å². The van der Waals surface area contributed by atoms with E-state index < -0.39 is 10.8 Å². The van der Waals surface area contributed by atoms with Crippen LogP contribution in [0.5, 0.6) is 0 Å². The van der Waals surface area contributed by atoms with E-state index in [9.17, 15) is 4.21 Å². The van der Waals surface area contributed by atoms with Gasteiger partial charge in [-0.25, -0.2) is 4.68 Å². The fourth-order valence-electron chi connectivity index (χ4n) is 2.06. The van der Waals surface area contributed by atoms with Crippen LogP contribution in [0.2, 0.25) is 0 Å². The molecule has 0 aliphatic carbocycles. The monoisotopic (exact) mass is 293 g/mol. The SMILES string of the molecule is Nc1nc(NC2CCS(=O)CC2)nc(-n2cccn2)n1. The van der Waals surface area contributed by atoms with Gasteiger partial charge in [-0.15, -0.1) is 0 Å². The molecule has 1 aliphatic rings. The molecule has 0 bridgehead atoms. The molecule has 0 atom stereocenters. The first-order valence-corrected chi connectivity index (χ1v) is 7.82. The summed E-state index contributed by atoms with van der Waals surface area (Å²) >= 11 is 0. The molecule has 0 spiro atoms. The highest BCUT2D eigenvalue weighted by Crippen LogP contribution is 2.14. The molecule has 0 aromatic carbocycles. The molecule has 9 heteroatoms. The Hall–Kier alpha value is -2.03. The van der Waals surface area contributed by atoms with Gasteiger partial charge in [-0.05, 0) is 18.9 Å². The molecule has 0 amide bonds. The largest absolute Gasteiger partial charge is 0.368 e. The zero-order chi connectivity index (χ0) is 13.9. The Morgan fingerprint density at radius 1 is 1.30 bits per heavy atom. The molecule has 2 aromatic heterocycles. The summed E-state index contributed by atoms with van der Waals surface area (Å²) in [5.74, 6) is 2.38. The molecule has 20 heavy (non-hydrogen) atoms. The van der Waals surface area contributed by atoms with Crippen molar-refractivity contribution in [3.05, 3.63) is 18.5 Å². The lowest BCUT2D eigenvalue weighted by Gasteiger charge is -2.22. The van der Waals surface area contributed by atoms with Gasteiger partial charge >= 0.3 is 0 Å². The first kappa shape index (κ1) is 13.0. The summed E-state index contributed by atoms with van der Waals surface area (Å²) in [7, 11) is -0.684. The van der Waals surface area contributed by atoms with E-state index in [4.69, 9.17) is 5.73 Å². The number of nitrogen functional groups attached to an aromatic ring is 1. The highest BCUT2D eigenvalue weighted by atomic mass is 32.2. The van der Waals surface area contributed by atoms with Crippen LogP contribution in [0.15, 0.2) is 18.5 Å². The molecule has 3 N–H and O–H groups in total. The summed E-state index contributed by atoms with van der Waals surface area (Å²) in [4.78, 5) is 12.4. The normalized spacial score (nSPS) is 22.6. The third-order valence-electron chi connectivity index (χ3n) is 3.07. The van der Waals surface area contributed by atoms with E-state index in [1.165, 1.54) is 4.68 Å². The second-order valence-electron chi connectivity index (χ2n) is 4.53. The molecule has 3 rings (SSSR count). The maximum Gasteiger partial charge on any atom is 0.257 e. The second kappa shape index (κ2) is 5.53. The molecule has 8 nitrogen and oxygen atoms in total. The van der Waals surface area contributed by atoms with Crippen LogP contribution >= 0.6 is 0 Å². The van der Waals surface area contributed by atoms with Crippen LogP contribution < -0.4 is 11.1 Å². The molecule has 0 radical (unpaired) electrons. The smallest absolute Gasteiger partial charge is 0.257 e. The summed E-state index contributed by atoms with van der Waals surface area (Å²) in [6, 6.07) is 2.00. The van der Waals surface area contributed by atoms with Crippen molar-refractivity contribution in [1.29, 1.82) is 0 Å². The lowest BCUT2D eigenvalue weighted by atomic mass is 10.2. The van der Waals surface area contributed by atoms with Gasteiger partial charge in [-0.1, -0.05) is 0 Å². The van der Waals surface area contributed by atoms with Gasteiger partial charge in [0.25, 0.3) is 5.95 Å². The third kappa shape index (κ3) is 2.93. The summed E-state index contributed by atoms with van der Waals surface area (Å²) in [5.41, 5.74) is 5.70. The quantitative estimate of drug-likeness (QED) is 0.816. The topological polar surface area (TPSA) is 112 Å². The number of nitrogens with two attached hydrogens (primary N) is 1. The Labute approximate surface area is 118 Å². The van der Waals surface area contributed by atoms with Gasteiger partial charge in [-0.2, -0.15) is 20.1 Å². The van der Waals surface area contributed by atoms with E-state index in [-0.39, 0.29) is 12.0 Å². The van der Waals surface area contributed by atoms with Gasteiger partial charge in [0, 0.05) is 40.7 Å². The minimum atomic E-state index is -0.684. The molecule has 2 aromatic rings. The first-order chi connectivity index (χ1) is 9.70. The van der Waals surface area contributed by atoms with Crippen molar-refractivity contribution < 1.29 is 4.21 Å². The minimum Gasteiger partial charge on any atom is -0.368 e. The molecular formula is C11H15N7OS. The van der Waals surface area contributed by atoms with Crippen molar-refractivity contribution in [1.82, 2.24) is 24.7 Å². The van der Waals surface area contributed by atoms with Crippen molar-refractivity contribution in [3.8, 4) is 5.95 Å². The number of rotatable bonds is 3. The number of nitrogens with zero attached hydrogens (tertiary/aromatic N) is 5. The Kier molecular flexibility index (Phi) is 3.59. The fourth-order valence-corrected chi connectivity index (χ4v) is 3.35. The van der Waals surface area contributed by atoms with Gasteiger partial charge in [0.2, 0.25) is 11.9 Å². The molecule has 3 heterocycles. The van der Waals surface area contributed by atoms with Crippen LogP contribution in [0.25, 0.3) is 5.95 Å². The zero-order valence-corrected chi connectivity index (χ0v) is 11.6. The zero-order valence-electron chi connectivity index (χ0n) is 10.8. The molecule has 0 unspecified atom stereocenters. The molecule has 1 aliphatic heterocycles. The number of hydrogen-bond acceptors (Lipinski definition) is 7. The summed E-state index contributed by atoms with van der Waals surface area (Å²) in [6.45, 7) is 0. The highest BCUT2D eigenvalue weighted by molar-refractivity contribution is 7.85. The van der Waals surface area contributed by atoms with Crippen molar-refractivity contribution >= 4 is 22.7 Å². The van der Waals surface area contributed by atoms with E-state index in [1.54, 1.807) is 18.5 Å². The summed E-state index contributed by atoms with van der Waals surface area (Å²) in [5, 5.41) is 7.29. The standard InChI is InChI=1S/C11H15N7OS/c12-9-15-10(14-8-2-6-20(19)7-3-8)17-11(16-9)18-5-1-4-13-18/h1,4-5,8H,2-3,6-7H2,(H3,12,14,15,16,17). The van der Waals surface area contributed by atoms with E-state index in [2.05, 4.69) is 25.4 Å². The molecule has 0 saturated carbocycles. The van der Waals surface area contributed by atoms with Crippen LogP contribution in [0.3, 0.4) is 0 Å². The first-order valence-electron chi connectivity index (χ1n) is 6.34. The summed E-state index contributed by atoms with van der Waals surface area (Å²) in [6.07, 6.45) is 5.07. The van der Waals surface area contributed by atoms with Gasteiger partial charge in [0.15, 0.2) is 0 Å². The van der Waals surface area contributed by atoms with Crippen LogP contribution in [-0.4, -0.2) is 46.5 Å².